The van der Waals surface area contributed by atoms with Crippen LogP contribution in [0.3, 0.4) is 0 Å². The third kappa shape index (κ3) is 3.74. The van der Waals surface area contributed by atoms with E-state index < -0.39 is 0 Å². The van der Waals surface area contributed by atoms with E-state index in [9.17, 15) is 4.79 Å². The first kappa shape index (κ1) is 18.5. The van der Waals surface area contributed by atoms with E-state index in [1.807, 2.05) is 36.4 Å². The van der Waals surface area contributed by atoms with Crippen LogP contribution in [0.1, 0.15) is 43.0 Å². The highest BCUT2D eigenvalue weighted by molar-refractivity contribution is 6.03. The lowest BCUT2D eigenvalue weighted by molar-refractivity contribution is 0.0832. The van der Waals surface area contributed by atoms with Gasteiger partial charge in [-0.25, -0.2) is 0 Å². The van der Waals surface area contributed by atoms with Gasteiger partial charge in [0, 0.05) is 31.2 Å². The van der Waals surface area contributed by atoms with Crippen LogP contribution in [0, 0.1) is 0 Å². The fourth-order valence-corrected chi connectivity index (χ4v) is 4.48. The van der Waals surface area contributed by atoms with Crippen molar-refractivity contribution in [3.8, 4) is 5.75 Å². The van der Waals surface area contributed by atoms with Crippen molar-refractivity contribution >= 4 is 16.6 Å². The minimum Gasteiger partial charge on any atom is -0.497 e. The summed E-state index contributed by atoms with van der Waals surface area (Å²) in [6, 6.07) is 12.8. The molecule has 27 heavy (non-hydrogen) atoms. The Balaban J connectivity index is 1.55. The Morgan fingerprint density at radius 3 is 2.52 bits per heavy atom. The zero-order valence-electron chi connectivity index (χ0n) is 16.5. The van der Waals surface area contributed by atoms with Crippen LogP contribution in [0.25, 0.3) is 10.8 Å². The molecule has 2 fully saturated rings. The molecule has 1 atom stereocenters. The standard InChI is InChI=1S/C23H30N2O2/c1-3-24-13-14-25(20-5-4-6-20)12-11-22(24)23(26)19-8-7-18-16-21(27-2)10-9-17(18)15-19/h7-10,15-16,20,22H,3-6,11-14H2,1-2H3. The maximum Gasteiger partial charge on any atom is 0.180 e. The average Bonchev–Trinajstić information content (AvgIpc) is 2.87. The number of ether oxygens (including phenoxy) is 1. The molecule has 1 heterocycles. The molecule has 2 aliphatic rings. The number of carbonyl (C=O) groups is 1. The van der Waals surface area contributed by atoms with Crippen LogP contribution in [0.15, 0.2) is 36.4 Å². The third-order valence-electron chi connectivity index (χ3n) is 6.44. The summed E-state index contributed by atoms with van der Waals surface area (Å²) in [4.78, 5) is 18.4. The normalized spacial score (nSPS) is 22.4. The van der Waals surface area contributed by atoms with Crippen LogP contribution >= 0.6 is 0 Å². The zero-order valence-corrected chi connectivity index (χ0v) is 16.5. The minimum atomic E-state index is -0.00391. The van der Waals surface area contributed by atoms with E-state index in [0.717, 1.165) is 60.7 Å². The summed E-state index contributed by atoms with van der Waals surface area (Å²) < 4.78 is 5.30. The smallest absolute Gasteiger partial charge is 0.180 e. The van der Waals surface area contributed by atoms with E-state index in [-0.39, 0.29) is 11.8 Å². The Hall–Kier alpha value is -1.91. The molecule has 0 aromatic heterocycles. The Kier molecular flexibility index (Phi) is 5.46. The van der Waals surface area contributed by atoms with Crippen LogP contribution in [-0.2, 0) is 0 Å². The Morgan fingerprint density at radius 2 is 1.81 bits per heavy atom. The number of hydrogen-bond acceptors (Lipinski definition) is 4. The Morgan fingerprint density at radius 1 is 1.04 bits per heavy atom. The number of rotatable bonds is 5. The zero-order chi connectivity index (χ0) is 18.8. The van der Waals surface area contributed by atoms with Crippen molar-refractivity contribution in [2.75, 3.05) is 33.3 Å². The highest BCUT2D eigenvalue weighted by atomic mass is 16.5. The molecule has 1 saturated heterocycles. The van der Waals surface area contributed by atoms with Gasteiger partial charge >= 0.3 is 0 Å². The Bertz CT molecular complexity index is 815. The fraction of sp³-hybridized carbons (Fsp3) is 0.522. The van der Waals surface area contributed by atoms with Gasteiger partial charge in [0.1, 0.15) is 5.75 Å². The molecule has 0 bridgehead atoms. The molecule has 2 aromatic rings. The molecule has 0 radical (unpaired) electrons. The number of carbonyl (C=O) groups excluding carboxylic acids is 1. The maximum atomic E-state index is 13.4. The summed E-state index contributed by atoms with van der Waals surface area (Å²) in [5.41, 5.74) is 0.827. The Labute approximate surface area is 162 Å². The van der Waals surface area contributed by atoms with E-state index in [1.54, 1.807) is 7.11 Å². The molecule has 0 amide bonds. The lowest BCUT2D eigenvalue weighted by atomic mass is 9.91. The number of likely N-dealkylation sites (N-methyl/N-ethyl adjacent to an activating group) is 1. The van der Waals surface area contributed by atoms with Crippen molar-refractivity contribution in [3.63, 3.8) is 0 Å². The molecular weight excluding hydrogens is 336 g/mol. The van der Waals surface area contributed by atoms with Crippen molar-refractivity contribution in [3.05, 3.63) is 42.0 Å². The first-order valence-electron chi connectivity index (χ1n) is 10.3. The van der Waals surface area contributed by atoms with Gasteiger partial charge in [-0.15, -0.1) is 0 Å². The number of nitrogens with zero attached hydrogens (tertiary/aromatic N) is 2. The van der Waals surface area contributed by atoms with E-state index in [4.69, 9.17) is 4.74 Å². The van der Waals surface area contributed by atoms with E-state index >= 15 is 0 Å². The third-order valence-corrected chi connectivity index (χ3v) is 6.44. The fourth-order valence-electron chi connectivity index (χ4n) is 4.48. The number of ketones is 1. The van der Waals surface area contributed by atoms with Gasteiger partial charge in [-0.1, -0.05) is 31.5 Å². The molecule has 1 aliphatic carbocycles. The molecule has 4 nitrogen and oxygen atoms in total. The largest absolute Gasteiger partial charge is 0.497 e. The van der Waals surface area contributed by atoms with Crippen LogP contribution < -0.4 is 4.74 Å². The highest BCUT2D eigenvalue weighted by Gasteiger charge is 2.33. The van der Waals surface area contributed by atoms with Crippen molar-refractivity contribution in [1.29, 1.82) is 0 Å². The molecule has 1 saturated carbocycles. The lowest BCUT2D eigenvalue weighted by Crippen LogP contribution is -2.43. The summed E-state index contributed by atoms with van der Waals surface area (Å²) in [5.74, 6) is 1.11. The predicted octanol–water partition coefficient (Wildman–Crippen LogP) is 3.98. The van der Waals surface area contributed by atoms with Gasteiger partial charge in [0.05, 0.1) is 13.2 Å². The van der Waals surface area contributed by atoms with E-state index in [1.165, 1.54) is 19.3 Å². The summed E-state index contributed by atoms with van der Waals surface area (Å²) in [6.07, 6.45) is 4.96. The molecule has 0 spiro atoms. The molecule has 4 rings (SSSR count). The number of hydrogen-bond donors (Lipinski definition) is 0. The monoisotopic (exact) mass is 366 g/mol. The summed E-state index contributed by atoms with van der Waals surface area (Å²) >= 11 is 0. The van der Waals surface area contributed by atoms with Gasteiger partial charge in [0.2, 0.25) is 0 Å². The quantitative estimate of drug-likeness (QED) is 0.750. The van der Waals surface area contributed by atoms with E-state index in [0.29, 0.717) is 0 Å². The van der Waals surface area contributed by atoms with Gasteiger partial charge in [-0.2, -0.15) is 0 Å². The second-order valence-corrected chi connectivity index (χ2v) is 7.85. The number of Topliss-reactive ketones (excluding diaryl/α,β-unsaturated/α-hetero) is 1. The van der Waals surface area contributed by atoms with Gasteiger partial charge in [0.15, 0.2) is 5.78 Å². The van der Waals surface area contributed by atoms with Crippen molar-refractivity contribution in [1.82, 2.24) is 9.80 Å². The molecule has 1 unspecified atom stereocenters. The molecule has 0 N–H and O–H groups in total. The first-order valence-corrected chi connectivity index (χ1v) is 10.3. The van der Waals surface area contributed by atoms with Crippen LogP contribution in [0.2, 0.25) is 0 Å². The molecule has 4 heteroatoms. The van der Waals surface area contributed by atoms with Gasteiger partial charge in [0.25, 0.3) is 0 Å². The second kappa shape index (κ2) is 7.99. The number of fused-ring (bicyclic) bond motifs is 1. The van der Waals surface area contributed by atoms with Crippen LogP contribution in [-0.4, -0.2) is 61.0 Å². The topological polar surface area (TPSA) is 32.8 Å². The summed E-state index contributed by atoms with van der Waals surface area (Å²) in [7, 11) is 1.68. The molecule has 2 aromatic carbocycles. The molecule has 1 aliphatic heterocycles. The first-order chi connectivity index (χ1) is 13.2. The summed E-state index contributed by atoms with van der Waals surface area (Å²) in [6.45, 7) is 6.24. The maximum absolute atomic E-state index is 13.4. The van der Waals surface area contributed by atoms with Gasteiger partial charge < -0.3 is 4.74 Å². The van der Waals surface area contributed by atoms with E-state index in [2.05, 4.69) is 16.7 Å². The average molecular weight is 367 g/mol. The predicted molar refractivity (Wildman–Crippen MR) is 110 cm³/mol. The van der Waals surface area contributed by atoms with Crippen molar-refractivity contribution in [2.45, 2.75) is 44.7 Å². The lowest BCUT2D eigenvalue weighted by Gasteiger charge is -2.36. The van der Waals surface area contributed by atoms with Gasteiger partial charge in [-0.3, -0.25) is 14.6 Å². The number of benzene rings is 2. The molecular formula is C23H30N2O2. The van der Waals surface area contributed by atoms with Crippen LogP contribution in [0.5, 0.6) is 5.75 Å². The van der Waals surface area contributed by atoms with Crippen LogP contribution in [0.4, 0.5) is 0 Å². The minimum absolute atomic E-state index is 0.00391. The highest BCUT2D eigenvalue weighted by Crippen LogP contribution is 2.28. The van der Waals surface area contributed by atoms with Crippen molar-refractivity contribution < 1.29 is 9.53 Å². The SMILES string of the molecule is CCN1CCN(C2CCC2)CCC1C(=O)c1ccc2cc(OC)ccc2c1. The van der Waals surface area contributed by atoms with Gasteiger partial charge in [-0.05, 0) is 54.8 Å². The van der Waals surface area contributed by atoms with Crippen molar-refractivity contribution in [2.24, 2.45) is 0 Å². The molecule has 144 valence electrons. The summed E-state index contributed by atoms with van der Waals surface area (Å²) in [5, 5.41) is 2.20. The second-order valence-electron chi connectivity index (χ2n) is 7.85. The number of methoxy groups -OCH3 is 1.